The maximum Gasteiger partial charge on any atom is 0.251 e. The van der Waals surface area contributed by atoms with Crippen LogP contribution in [0.4, 0.5) is 0 Å². The Morgan fingerprint density at radius 2 is 2.00 bits per heavy atom. The second-order valence-corrected chi connectivity index (χ2v) is 8.08. The van der Waals surface area contributed by atoms with Crippen LogP contribution in [0.2, 0.25) is 0 Å². The van der Waals surface area contributed by atoms with Crippen molar-refractivity contribution >= 4 is 21.8 Å². The highest BCUT2D eigenvalue weighted by Crippen LogP contribution is 2.30. The van der Waals surface area contributed by atoms with E-state index < -0.39 is 0 Å². The van der Waals surface area contributed by atoms with Gasteiger partial charge in [-0.25, -0.2) is 0 Å². The van der Waals surface area contributed by atoms with Gasteiger partial charge < -0.3 is 5.32 Å². The molecule has 0 aliphatic heterocycles. The summed E-state index contributed by atoms with van der Waals surface area (Å²) in [7, 11) is 0. The van der Waals surface area contributed by atoms with Crippen LogP contribution in [-0.4, -0.2) is 17.3 Å². The van der Waals surface area contributed by atoms with Crippen LogP contribution in [0.3, 0.4) is 0 Å². The number of rotatable bonds is 3. The second kappa shape index (κ2) is 6.30. The van der Waals surface area contributed by atoms with Crippen molar-refractivity contribution in [2.45, 2.75) is 50.3 Å². The maximum atomic E-state index is 12.4. The first-order chi connectivity index (χ1) is 9.38. The summed E-state index contributed by atoms with van der Waals surface area (Å²) in [6, 6.07) is 7.93. The lowest BCUT2D eigenvalue weighted by molar-refractivity contribution is 0.0945. The minimum absolute atomic E-state index is 0.0117. The van der Waals surface area contributed by atoms with E-state index in [1.807, 2.05) is 18.2 Å². The molecule has 2 unspecified atom stereocenters. The fourth-order valence-electron chi connectivity index (χ4n) is 2.87. The van der Waals surface area contributed by atoms with Crippen LogP contribution < -0.4 is 5.32 Å². The highest BCUT2D eigenvalue weighted by atomic mass is 79.9. The van der Waals surface area contributed by atoms with E-state index in [9.17, 15) is 4.79 Å². The Hall–Kier alpha value is -0.830. The van der Waals surface area contributed by atoms with Gasteiger partial charge in [0, 0.05) is 16.9 Å². The molecule has 1 aromatic rings. The number of hydrogen-bond acceptors (Lipinski definition) is 1. The monoisotopic (exact) mass is 337 g/mol. The number of benzene rings is 1. The van der Waals surface area contributed by atoms with Crippen LogP contribution in [0.15, 0.2) is 24.3 Å². The van der Waals surface area contributed by atoms with Crippen molar-refractivity contribution in [2.24, 2.45) is 5.92 Å². The molecule has 0 heterocycles. The average Bonchev–Trinajstić information content (AvgIpc) is 2.81. The number of nitrogens with one attached hydrogen (secondary N) is 1. The van der Waals surface area contributed by atoms with Crippen molar-refractivity contribution in [2.75, 3.05) is 6.54 Å². The molecule has 1 amide bonds. The second-order valence-electron chi connectivity index (χ2n) is 6.78. The van der Waals surface area contributed by atoms with E-state index in [2.05, 4.69) is 48.1 Å². The van der Waals surface area contributed by atoms with E-state index in [0.717, 1.165) is 17.7 Å². The third-order valence-electron chi connectivity index (χ3n) is 4.01. The molecule has 1 aromatic carbocycles. The summed E-state index contributed by atoms with van der Waals surface area (Å²) in [4.78, 5) is 13.1. The van der Waals surface area contributed by atoms with Gasteiger partial charge in [0.05, 0.1) is 0 Å². The normalized spacial score (nSPS) is 22.8. The maximum absolute atomic E-state index is 12.4. The van der Waals surface area contributed by atoms with Crippen LogP contribution in [0.5, 0.6) is 0 Å². The summed E-state index contributed by atoms with van der Waals surface area (Å²) < 4.78 is 0. The summed E-state index contributed by atoms with van der Waals surface area (Å²) in [6.45, 7) is 7.22. The largest absolute Gasteiger partial charge is 0.352 e. The molecule has 110 valence electrons. The molecule has 1 N–H and O–H groups in total. The molecule has 0 saturated heterocycles. The van der Waals surface area contributed by atoms with E-state index in [1.54, 1.807) is 0 Å². The van der Waals surface area contributed by atoms with Crippen molar-refractivity contribution < 1.29 is 4.79 Å². The van der Waals surface area contributed by atoms with Gasteiger partial charge in [-0.2, -0.15) is 0 Å². The van der Waals surface area contributed by atoms with E-state index in [0.29, 0.717) is 10.7 Å². The van der Waals surface area contributed by atoms with Gasteiger partial charge in [-0.1, -0.05) is 54.9 Å². The molecular weight excluding hydrogens is 314 g/mol. The Balaban J connectivity index is 2.02. The fourth-order valence-corrected chi connectivity index (χ4v) is 3.66. The molecule has 1 aliphatic carbocycles. The quantitative estimate of drug-likeness (QED) is 0.819. The Bertz CT molecular complexity index is 478. The molecule has 2 rings (SSSR count). The smallest absolute Gasteiger partial charge is 0.251 e. The van der Waals surface area contributed by atoms with Crippen molar-refractivity contribution in [1.29, 1.82) is 0 Å². The highest BCUT2D eigenvalue weighted by molar-refractivity contribution is 9.09. The van der Waals surface area contributed by atoms with Crippen LogP contribution >= 0.6 is 15.9 Å². The van der Waals surface area contributed by atoms with Gasteiger partial charge in [0.2, 0.25) is 0 Å². The molecule has 0 bridgehead atoms. The number of halogens is 1. The standard InChI is InChI=1S/C17H24BrNO/c1-17(2,3)15-7-5-4-6-14(15)16(20)19-11-12-8-9-13(18)10-12/h4-7,12-13H,8-11H2,1-3H3,(H,19,20). The predicted octanol–water partition coefficient (Wildman–Crippen LogP) is 4.28. The molecule has 0 radical (unpaired) electrons. The Morgan fingerprint density at radius 1 is 1.30 bits per heavy atom. The van der Waals surface area contributed by atoms with E-state index in [-0.39, 0.29) is 11.3 Å². The van der Waals surface area contributed by atoms with Crippen molar-refractivity contribution in [3.8, 4) is 0 Å². The highest BCUT2D eigenvalue weighted by Gasteiger charge is 2.24. The molecule has 2 atom stereocenters. The molecule has 0 spiro atoms. The molecule has 1 fully saturated rings. The summed E-state index contributed by atoms with van der Waals surface area (Å²) in [5.74, 6) is 0.679. The van der Waals surface area contributed by atoms with Crippen molar-refractivity contribution in [1.82, 2.24) is 5.32 Å². The lowest BCUT2D eigenvalue weighted by atomic mass is 9.83. The van der Waals surface area contributed by atoms with Crippen LogP contribution in [-0.2, 0) is 5.41 Å². The summed E-state index contributed by atoms with van der Waals surface area (Å²) in [5.41, 5.74) is 1.91. The lowest BCUT2D eigenvalue weighted by Crippen LogP contribution is -2.30. The van der Waals surface area contributed by atoms with E-state index >= 15 is 0 Å². The minimum atomic E-state index is -0.0117. The number of carbonyl (C=O) groups is 1. The molecular formula is C17H24BrNO. The number of carbonyl (C=O) groups excluding carboxylic acids is 1. The van der Waals surface area contributed by atoms with Gasteiger partial charge in [0.25, 0.3) is 5.91 Å². The molecule has 1 aliphatic rings. The summed E-state index contributed by atoms with van der Waals surface area (Å²) >= 11 is 3.66. The Morgan fingerprint density at radius 3 is 2.60 bits per heavy atom. The minimum Gasteiger partial charge on any atom is -0.352 e. The first-order valence-electron chi connectivity index (χ1n) is 7.39. The van der Waals surface area contributed by atoms with Gasteiger partial charge in [0.15, 0.2) is 0 Å². The summed E-state index contributed by atoms with van der Waals surface area (Å²) in [5, 5.41) is 3.11. The Labute approximate surface area is 130 Å². The zero-order valence-electron chi connectivity index (χ0n) is 12.6. The third-order valence-corrected chi connectivity index (χ3v) is 4.84. The number of alkyl halides is 1. The van der Waals surface area contributed by atoms with Crippen molar-refractivity contribution in [3.05, 3.63) is 35.4 Å². The average molecular weight is 338 g/mol. The number of amides is 1. The van der Waals surface area contributed by atoms with Gasteiger partial charge in [-0.15, -0.1) is 0 Å². The number of hydrogen-bond donors (Lipinski definition) is 1. The Kier molecular flexibility index (Phi) is 4.90. The van der Waals surface area contributed by atoms with Gasteiger partial charge in [-0.05, 0) is 42.2 Å². The van der Waals surface area contributed by atoms with E-state index in [4.69, 9.17) is 0 Å². The summed E-state index contributed by atoms with van der Waals surface area (Å²) in [6.07, 6.45) is 3.59. The van der Waals surface area contributed by atoms with Crippen LogP contribution in [0.25, 0.3) is 0 Å². The molecule has 0 aromatic heterocycles. The third kappa shape index (κ3) is 3.85. The van der Waals surface area contributed by atoms with Gasteiger partial charge in [-0.3, -0.25) is 4.79 Å². The predicted molar refractivity (Wildman–Crippen MR) is 87.5 cm³/mol. The van der Waals surface area contributed by atoms with Gasteiger partial charge in [0.1, 0.15) is 0 Å². The zero-order valence-corrected chi connectivity index (χ0v) is 14.2. The fraction of sp³-hybridized carbons (Fsp3) is 0.588. The molecule has 20 heavy (non-hydrogen) atoms. The van der Waals surface area contributed by atoms with Crippen LogP contribution in [0.1, 0.15) is 56.0 Å². The SMILES string of the molecule is CC(C)(C)c1ccccc1C(=O)NCC1CCC(Br)C1. The first-order valence-corrected chi connectivity index (χ1v) is 8.31. The molecule has 1 saturated carbocycles. The lowest BCUT2D eigenvalue weighted by Gasteiger charge is -2.22. The molecule has 2 nitrogen and oxygen atoms in total. The topological polar surface area (TPSA) is 29.1 Å². The zero-order chi connectivity index (χ0) is 14.8. The van der Waals surface area contributed by atoms with Crippen LogP contribution in [0, 0.1) is 5.92 Å². The molecule has 3 heteroatoms. The first kappa shape index (κ1) is 15.6. The van der Waals surface area contributed by atoms with Gasteiger partial charge >= 0.3 is 0 Å². The van der Waals surface area contributed by atoms with Crippen molar-refractivity contribution in [3.63, 3.8) is 0 Å². The van der Waals surface area contributed by atoms with E-state index in [1.165, 1.54) is 19.3 Å².